The van der Waals surface area contributed by atoms with Gasteiger partial charge in [-0.25, -0.2) is 9.97 Å². The number of carbonyl (C=O) groups is 1. The highest BCUT2D eigenvalue weighted by Crippen LogP contribution is 2.42. The average Bonchev–Trinajstić information content (AvgIpc) is 3.36. The molecule has 5 nitrogen and oxygen atoms in total. The lowest BCUT2D eigenvalue weighted by molar-refractivity contribution is -0.274. The Balaban J connectivity index is 1.74. The molecule has 1 saturated carbocycles. The standard InChI is InChI=1S/C16H14F3N3O2/c17-16(18,19)24-14-4-10(3-13(5-14)12-1-2-12)6-20-15-21-7-11(9-23)8-22-15/h3-5,7-9,12H,1-2,6H2,(H,20,21,22). The van der Waals surface area contributed by atoms with Crippen LogP contribution in [0.3, 0.4) is 0 Å². The number of hydrogen-bond donors (Lipinski definition) is 1. The molecule has 0 atom stereocenters. The van der Waals surface area contributed by atoms with Crippen LogP contribution in [0.4, 0.5) is 19.1 Å². The molecule has 0 radical (unpaired) electrons. The van der Waals surface area contributed by atoms with E-state index in [1.165, 1.54) is 24.5 Å². The Kier molecular flexibility index (Phi) is 4.37. The molecular formula is C16H14F3N3O2. The minimum atomic E-state index is -4.72. The highest BCUT2D eigenvalue weighted by molar-refractivity contribution is 5.73. The number of aldehydes is 1. The van der Waals surface area contributed by atoms with Crippen LogP contribution in [0.25, 0.3) is 0 Å². The van der Waals surface area contributed by atoms with Gasteiger partial charge in [-0.2, -0.15) is 0 Å². The smallest absolute Gasteiger partial charge is 0.406 e. The Hall–Kier alpha value is -2.64. The van der Waals surface area contributed by atoms with Crippen molar-refractivity contribution in [2.75, 3.05) is 5.32 Å². The van der Waals surface area contributed by atoms with Gasteiger partial charge in [0.1, 0.15) is 5.75 Å². The predicted octanol–water partition coefficient (Wildman–Crippen LogP) is 3.68. The summed E-state index contributed by atoms with van der Waals surface area (Å²) in [7, 11) is 0. The van der Waals surface area contributed by atoms with Crippen molar-refractivity contribution in [1.29, 1.82) is 0 Å². The molecule has 0 aliphatic heterocycles. The lowest BCUT2D eigenvalue weighted by Crippen LogP contribution is -2.17. The maximum atomic E-state index is 12.5. The molecule has 1 aromatic heterocycles. The molecule has 2 aromatic rings. The van der Waals surface area contributed by atoms with Gasteiger partial charge in [0.05, 0.1) is 5.56 Å². The van der Waals surface area contributed by atoms with Crippen molar-refractivity contribution >= 4 is 12.2 Å². The third kappa shape index (κ3) is 4.43. The first-order valence-corrected chi connectivity index (χ1v) is 7.33. The van der Waals surface area contributed by atoms with Gasteiger partial charge in [-0.1, -0.05) is 6.07 Å². The molecule has 0 saturated heterocycles. The van der Waals surface area contributed by atoms with Gasteiger partial charge in [-0.3, -0.25) is 4.79 Å². The molecule has 1 fully saturated rings. The molecule has 3 rings (SSSR count). The molecule has 1 N–H and O–H groups in total. The summed E-state index contributed by atoms with van der Waals surface area (Å²) in [6, 6.07) is 4.63. The number of benzene rings is 1. The SMILES string of the molecule is O=Cc1cnc(NCc2cc(OC(F)(F)F)cc(C3CC3)c2)nc1. The van der Waals surface area contributed by atoms with Crippen molar-refractivity contribution < 1.29 is 22.7 Å². The molecule has 1 aliphatic rings. The fourth-order valence-electron chi connectivity index (χ4n) is 2.30. The van der Waals surface area contributed by atoms with Gasteiger partial charge < -0.3 is 10.1 Å². The van der Waals surface area contributed by atoms with Crippen LogP contribution in [0.5, 0.6) is 5.75 Å². The topological polar surface area (TPSA) is 64.1 Å². The van der Waals surface area contributed by atoms with Crippen molar-refractivity contribution in [3.8, 4) is 5.75 Å². The van der Waals surface area contributed by atoms with E-state index in [0.717, 1.165) is 18.4 Å². The zero-order chi connectivity index (χ0) is 17.2. The predicted molar refractivity (Wildman–Crippen MR) is 79.8 cm³/mol. The van der Waals surface area contributed by atoms with Crippen molar-refractivity contribution in [2.45, 2.75) is 31.7 Å². The number of halogens is 3. The summed E-state index contributed by atoms with van der Waals surface area (Å²) in [6.07, 6.45) is 0.573. The van der Waals surface area contributed by atoms with Crippen LogP contribution in [0.1, 0.15) is 40.2 Å². The van der Waals surface area contributed by atoms with Crippen molar-refractivity contribution in [3.05, 3.63) is 47.3 Å². The van der Waals surface area contributed by atoms with Crippen LogP contribution in [-0.4, -0.2) is 22.6 Å². The largest absolute Gasteiger partial charge is 0.573 e. The van der Waals surface area contributed by atoms with Crippen molar-refractivity contribution in [2.24, 2.45) is 0 Å². The van der Waals surface area contributed by atoms with Gasteiger partial charge in [0.2, 0.25) is 5.95 Å². The molecular weight excluding hydrogens is 323 g/mol. The number of alkyl halides is 3. The second-order valence-electron chi connectivity index (χ2n) is 5.54. The summed E-state index contributed by atoms with van der Waals surface area (Å²) in [5.41, 5.74) is 1.82. The summed E-state index contributed by atoms with van der Waals surface area (Å²) >= 11 is 0. The average molecular weight is 337 g/mol. The number of carbonyl (C=O) groups excluding carboxylic acids is 1. The van der Waals surface area contributed by atoms with E-state index < -0.39 is 6.36 Å². The van der Waals surface area contributed by atoms with E-state index in [1.54, 1.807) is 0 Å². The van der Waals surface area contributed by atoms with Gasteiger partial charge in [0.15, 0.2) is 6.29 Å². The molecule has 1 heterocycles. The Morgan fingerprint density at radius 1 is 1.21 bits per heavy atom. The van der Waals surface area contributed by atoms with E-state index in [2.05, 4.69) is 20.0 Å². The first-order valence-electron chi connectivity index (χ1n) is 7.33. The first-order chi connectivity index (χ1) is 11.4. The Labute approximate surface area is 135 Å². The van der Waals surface area contributed by atoms with Gasteiger partial charge >= 0.3 is 6.36 Å². The number of aromatic nitrogens is 2. The van der Waals surface area contributed by atoms with E-state index in [0.29, 0.717) is 23.3 Å². The van der Waals surface area contributed by atoms with Gasteiger partial charge in [-0.15, -0.1) is 13.2 Å². The molecule has 0 bridgehead atoms. The number of rotatable bonds is 6. The van der Waals surface area contributed by atoms with Crippen LogP contribution in [0, 0.1) is 0 Å². The van der Waals surface area contributed by atoms with Crippen LogP contribution in [0.15, 0.2) is 30.6 Å². The molecule has 8 heteroatoms. The van der Waals surface area contributed by atoms with Gasteiger partial charge in [0, 0.05) is 18.9 Å². The maximum Gasteiger partial charge on any atom is 0.573 e. The summed E-state index contributed by atoms with van der Waals surface area (Å²) in [5.74, 6) is 0.361. The number of nitrogens with one attached hydrogen (secondary N) is 1. The third-order valence-electron chi connectivity index (χ3n) is 3.53. The van der Waals surface area contributed by atoms with E-state index >= 15 is 0 Å². The fraction of sp³-hybridized carbons (Fsp3) is 0.312. The lowest BCUT2D eigenvalue weighted by atomic mass is 10.1. The molecule has 24 heavy (non-hydrogen) atoms. The zero-order valence-electron chi connectivity index (χ0n) is 12.5. The highest BCUT2D eigenvalue weighted by Gasteiger charge is 2.32. The van der Waals surface area contributed by atoms with Crippen LogP contribution >= 0.6 is 0 Å². The quantitative estimate of drug-likeness (QED) is 0.815. The highest BCUT2D eigenvalue weighted by atomic mass is 19.4. The molecule has 0 amide bonds. The minimum absolute atomic E-state index is 0.221. The molecule has 0 unspecified atom stereocenters. The van der Waals surface area contributed by atoms with Crippen molar-refractivity contribution in [3.63, 3.8) is 0 Å². The zero-order valence-corrected chi connectivity index (χ0v) is 12.5. The number of anilines is 1. The third-order valence-corrected chi connectivity index (χ3v) is 3.53. The van der Waals surface area contributed by atoms with E-state index in [4.69, 9.17) is 0 Å². The van der Waals surface area contributed by atoms with Crippen LogP contribution < -0.4 is 10.1 Å². The molecule has 126 valence electrons. The molecule has 0 spiro atoms. The first kappa shape index (κ1) is 16.2. The molecule has 1 aromatic carbocycles. The van der Waals surface area contributed by atoms with Gasteiger partial charge in [0.25, 0.3) is 0 Å². The summed E-state index contributed by atoms with van der Waals surface area (Å²) in [4.78, 5) is 18.5. The van der Waals surface area contributed by atoms with Crippen LogP contribution in [0.2, 0.25) is 0 Å². The summed E-state index contributed by atoms with van der Waals surface area (Å²) < 4.78 is 41.4. The summed E-state index contributed by atoms with van der Waals surface area (Å²) in [6.45, 7) is 0.245. The van der Waals surface area contributed by atoms with Crippen LogP contribution in [-0.2, 0) is 6.54 Å². The van der Waals surface area contributed by atoms with Crippen molar-refractivity contribution in [1.82, 2.24) is 9.97 Å². The van der Waals surface area contributed by atoms with E-state index in [-0.39, 0.29) is 18.2 Å². The Bertz CT molecular complexity index is 728. The number of ether oxygens (including phenoxy) is 1. The Morgan fingerprint density at radius 3 is 2.50 bits per heavy atom. The van der Waals surface area contributed by atoms with E-state index in [1.807, 2.05) is 6.07 Å². The second-order valence-corrected chi connectivity index (χ2v) is 5.54. The van der Waals surface area contributed by atoms with E-state index in [9.17, 15) is 18.0 Å². The molecule has 1 aliphatic carbocycles. The monoisotopic (exact) mass is 337 g/mol. The lowest BCUT2D eigenvalue weighted by Gasteiger charge is -2.13. The van der Waals surface area contributed by atoms with Gasteiger partial charge in [-0.05, 0) is 42.0 Å². The normalized spacial score (nSPS) is 14.3. The number of hydrogen-bond acceptors (Lipinski definition) is 5. The Morgan fingerprint density at radius 2 is 1.92 bits per heavy atom. The second kappa shape index (κ2) is 6.46. The maximum absolute atomic E-state index is 12.5. The summed E-state index contributed by atoms with van der Waals surface area (Å²) in [5, 5.41) is 2.91. The fourth-order valence-corrected chi connectivity index (χ4v) is 2.30. The number of nitrogens with zero attached hydrogens (tertiary/aromatic N) is 2. The minimum Gasteiger partial charge on any atom is -0.406 e.